The van der Waals surface area contributed by atoms with Gasteiger partial charge < -0.3 is 15.0 Å². The third kappa shape index (κ3) is 2.80. The van der Waals surface area contributed by atoms with Gasteiger partial charge in [-0.15, -0.1) is 0 Å². The van der Waals surface area contributed by atoms with Crippen LogP contribution in [0.5, 0.6) is 5.75 Å². The molecule has 0 bridgehead atoms. The van der Waals surface area contributed by atoms with Gasteiger partial charge >= 0.3 is 0 Å². The largest absolute Gasteiger partial charge is 0.489 e. The van der Waals surface area contributed by atoms with Crippen molar-refractivity contribution in [2.45, 2.75) is 25.5 Å². The van der Waals surface area contributed by atoms with Crippen LogP contribution in [0.25, 0.3) is 10.9 Å². The average molecular weight is 382 g/mol. The van der Waals surface area contributed by atoms with Crippen LogP contribution >= 0.6 is 0 Å². The molecule has 2 N–H and O–H groups in total. The van der Waals surface area contributed by atoms with E-state index < -0.39 is 5.54 Å². The van der Waals surface area contributed by atoms with Gasteiger partial charge in [0.25, 0.3) is 5.91 Å². The molecule has 1 aromatic heterocycles. The molecule has 1 atom stereocenters. The number of hydrogen-bond donors (Lipinski definition) is 2. The lowest BCUT2D eigenvalue weighted by atomic mass is 9.81. The maximum Gasteiger partial charge on any atom is 0.252 e. The molecule has 2 heterocycles. The quantitative estimate of drug-likeness (QED) is 0.502. The second-order valence-corrected chi connectivity index (χ2v) is 7.44. The third-order valence-electron chi connectivity index (χ3n) is 5.85. The number of carbonyl (C=O) groups excluding carboxylic acids is 1. The Morgan fingerprint density at radius 3 is 2.55 bits per heavy atom. The average Bonchev–Trinajstić information content (AvgIpc) is 3.32. The number of fused-ring (bicyclic) bond motifs is 2. The summed E-state index contributed by atoms with van der Waals surface area (Å²) in [6.07, 6.45) is 2.78. The first-order chi connectivity index (χ1) is 14.2. The predicted octanol–water partition coefficient (Wildman–Crippen LogP) is 5.14. The van der Waals surface area contributed by atoms with Gasteiger partial charge in [0.05, 0.1) is 5.54 Å². The lowest BCUT2D eigenvalue weighted by Crippen LogP contribution is -2.39. The summed E-state index contributed by atoms with van der Waals surface area (Å²) in [6, 6.07) is 24.1. The maximum atomic E-state index is 12.6. The number of nitrogens with one attached hydrogen (secondary N) is 2. The molecule has 0 aliphatic carbocycles. The lowest BCUT2D eigenvalue weighted by Gasteiger charge is -2.29. The van der Waals surface area contributed by atoms with E-state index in [9.17, 15) is 4.79 Å². The van der Waals surface area contributed by atoms with E-state index in [0.29, 0.717) is 6.61 Å². The Morgan fingerprint density at radius 2 is 1.72 bits per heavy atom. The zero-order valence-corrected chi connectivity index (χ0v) is 16.2. The SMILES string of the molecule is CC[C@@]1(c2c[nH]c3cc(OCc4ccccc4)ccc23)NC(=O)c2ccccc21. The molecular weight excluding hydrogens is 360 g/mol. The van der Waals surface area contributed by atoms with Gasteiger partial charge in [-0.2, -0.15) is 0 Å². The van der Waals surface area contributed by atoms with Crippen molar-refractivity contribution in [2.24, 2.45) is 0 Å². The first kappa shape index (κ1) is 17.6. The van der Waals surface area contributed by atoms with Crippen molar-refractivity contribution in [2.75, 3.05) is 0 Å². The van der Waals surface area contributed by atoms with E-state index in [-0.39, 0.29) is 5.91 Å². The molecule has 5 rings (SSSR count). The van der Waals surface area contributed by atoms with E-state index in [1.165, 1.54) is 0 Å². The second-order valence-electron chi connectivity index (χ2n) is 7.44. The number of rotatable bonds is 5. The van der Waals surface area contributed by atoms with Gasteiger partial charge in [0.1, 0.15) is 12.4 Å². The van der Waals surface area contributed by atoms with Crippen LogP contribution in [-0.4, -0.2) is 10.9 Å². The van der Waals surface area contributed by atoms with Crippen LogP contribution in [0.15, 0.2) is 79.0 Å². The first-order valence-electron chi connectivity index (χ1n) is 9.91. The number of amides is 1. The van der Waals surface area contributed by atoms with Crippen LogP contribution in [0.3, 0.4) is 0 Å². The minimum atomic E-state index is -0.516. The Bertz CT molecular complexity index is 1200. The van der Waals surface area contributed by atoms with Crippen molar-refractivity contribution in [1.29, 1.82) is 0 Å². The maximum absolute atomic E-state index is 12.6. The normalized spacial score (nSPS) is 17.9. The Hall–Kier alpha value is -3.53. The zero-order valence-electron chi connectivity index (χ0n) is 16.2. The molecule has 0 spiro atoms. The molecule has 0 radical (unpaired) electrons. The summed E-state index contributed by atoms with van der Waals surface area (Å²) < 4.78 is 5.97. The van der Waals surface area contributed by atoms with E-state index in [4.69, 9.17) is 4.74 Å². The number of benzene rings is 3. The van der Waals surface area contributed by atoms with Crippen molar-refractivity contribution in [3.63, 3.8) is 0 Å². The highest BCUT2D eigenvalue weighted by atomic mass is 16.5. The fraction of sp³-hybridized carbons (Fsp3) is 0.160. The van der Waals surface area contributed by atoms with Crippen molar-refractivity contribution in [1.82, 2.24) is 10.3 Å². The van der Waals surface area contributed by atoms with Crippen LogP contribution in [0, 0.1) is 0 Å². The van der Waals surface area contributed by atoms with Crippen LogP contribution < -0.4 is 10.1 Å². The van der Waals surface area contributed by atoms with Crippen molar-refractivity contribution in [3.05, 3.63) is 101 Å². The molecule has 1 aliphatic heterocycles. The smallest absolute Gasteiger partial charge is 0.252 e. The molecule has 4 nitrogen and oxygen atoms in total. The molecule has 0 fully saturated rings. The van der Waals surface area contributed by atoms with E-state index in [1.54, 1.807) is 0 Å². The summed E-state index contributed by atoms with van der Waals surface area (Å²) in [7, 11) is 0. The number of aromatic amines is 1. The minimum Gasteiger partial charge on any atom is -0.489 e. The fourth-order valence-electron chi connectivity index (χ4n) is 4.35. The Labute approximate surface area is 169 Å². The third-order valence-corrected chi connectivity index (χ3v) is 5.85. The molecule has 1 aliphatic rings. The van der Waals surface area contributed by atoms with Crippen LogP contribution in [-0.2, 0) is 12.1 Å². The summed E-state index contributed by atoms with van der Waals surface area (Å²) in [5.41, 5.74) is 4.50. The van der Waals surface area contributed by atoms with E-state index in [2.05, 4.69) is 35.4 Å². The van der Waals surface area contributed by atoms with Crippen molar-refractivity contribution in [3.8, 4) is 5.75 Å². The van der Waals surface area contributed by atoms with Gasteiger partial charge in [-0.05, 0) is 35.7 Å². The standard InChI is InChI=1S/C25H22N2O2/c1-2-25(21-11-7-6-10-20(21)24(28)27-25)22-15-26-23-14-18(12-13-19(22)23)29-16-17-8-4-3-5-9-17/h3-15,26H,2,16H2,1H3,(H,27,28)/t25-/m1/s1. The summed E-state index contributed by atoms with van der Waals surface area (Å²) in [5, 5.41) is 4.34. The number of H-pyrrole nitrogens is 1. The van der Waals surface area contributed by atoms with Crippen molar-refractivity contribution < 1.29 is 9.53 Å². The second kappa shape index (κ2) is 6.82. The Balaban J connectivity index is 1.51. The monoisotopic (exact) mass is 382 g/mol. The number of hydrogen-bond acceptors (Lipinski definition) is 2. The van der Waals surface area contributed by atoms with Crippen molar-refractivity contribution >= 4 is 16.8 Å². The molecule has 4 heteroatoms. The molecule has 144 valence electrons. The van der Waals surface area contributed by atoms with Gasteiger partial charge in [0.15, 0.2) is 0 Å². The minimum absolute atomic E-state index is 0.0142. The van der Waals surface area contributed by atoms with Gasteiger partial charge in [-0.1, -0.05) is 55.5 Å². The zero-order chi connectivity index (χ0) is 19.8. The highest BCUT2D eigenvalue weighted by Crippen LogP contribution is 2.42. The summed E-state index contributed by atoms with van der Waals surface area (Å²) >= 11 is 0. The molecule has 1 amide bonds. The lowest BCUT2D eigenvalue weighted by molar-refractivity contribution is 0.0939. The van der Waals surface area contributed by atoms with Crippen LogP contribution in [0.1, 0.15) is 40.4 Å². The molecule has 3 aromatic carbocycles. The van der Waals surface area contributed by atoms with Gasteiger partial charge in [0, 0.05) is 34.3 Å². The van der Waals surface area contributed by atoms with Gasteiger partial charge in [0.2, 0.25) is 0 Å². The van der Waals surface area contributed by atoms with E-state index >= 15 is 0 Å². The number of ether oxygens (including phenoxy) is 1. The summed E-state index contributed by atoms with van der Waals surface area (Å²) in [6.45, 7) is 2.64. The number of carbonyl (C=O) groups is 1. The highest BCUT2D eigenvalue weighted by molar-refractivity contribution is 6.02. The van der Waals surface area contributed by atoms with Crippen LogP contribution in [0.4, 0.5) is 0 Å². The molecule has 0 saturated heterocycles. The predicted molar refractivity (Wildman–Crippen MR) is 114 cm³/mol. The van der Waals surface area contributed by atoms with E-state index in [1.807, 2.05) is 60.8 Å². The number of aromatic nitrogens is 1. The highest BCUT2D eigenvalue weighted by Gasteiger charge is 2.43. The first-order valence-corrected chi connectivity index (χ1v) is 9.91. The molecule has 29 heavy (non-hydrogen) atoms. The Kier molecular flexibility index (Phi) is 4.13. The van der Waals surface area contributed by atoms with Gasteiger partial charge in [-0.25, -0.2) is 0 Å². The molecule has 0 saturated carbocycles. The molecular formula is C25H22N2O2. The molecule has 4 aromatic rings. The fourth-order valence-corrected chi connectivity index (χ4v) is 4.35. The summed E-state index contributed by atoms with van der Waals surface area (Å²) in [4.78, 5) is 16.0. The molecule has 0 unspecified atom stereocenters. The Morgan fingerprint density at radius 1 is 0.931 bits per heavy atom. The summed E-state index contributed by atoms with van der Waals surface area (Å²) in [5.74, 6) is 0.802. The topological polar surface area (TPSA) is 54.1 Å². The van der Waals surface area contributed by atoms with E-state index in [0.717, 1.165) is 45.3 Å². The van der Waals surface area contributed by atoms with Gasteiger partial charge in [-0.3, -0.25) is 4.79 Å². The van der Waals surface area contributed by atoms with Crippen LogP contribution in [0.2, 0.25) is 0 Å².